The average Bonchev–Trinajstić information content (AvgIpc) is 3.72. The van der Waals surface area contributed by atoms with Gasteiger partial charge in [0.15, 0.2) is 11.5 Å². The van der Waals surface area contributed by atoms with E-state index < -0.39 is 24.2 Å². The Morgan fingerprint density at radius 3 is 2.56 bits per heavy atom. The first-order valence-corrected chi connectivity index (χ1v) is 15.5. The molecule has 5 aliphatic rings. The topological polar surface area (TPSA) is 129 Å². The Morgan fingerprint density at radius 1 is 1.10 bits per heavy atom. The highest BCUT2D eigenvalue weighted by molar-refractivity contribution is 5.96. The third kappa shape index (κ3) is 5.25. The van der Waals surface area contributed by atoms with Crippen molar-refractivity contribution in [2.24, 2.45) is 17.8 Å². The predicted molar refractivity (Wildman–Crippen MR) is 151 cm³/mol. The van der Waals surface area contributed by atoms with Crippen LogP contribution in [0.4, 0.5) is 0 Å². The minimum atomic E-state index is -1.06. The van der Waals surface area contributed by atoms with Crippen molar-refractivity contribution in [2.45, 2.75) is 101 Å². The highest BCUT2D eigenvalue weighted by atomic mass is 16.5. The van der Waals surface area contributed by atoms with Crippen LogP contribution >= 0.6 is 0 Å². The van der Waals surface area contributed by atoms with E-state index in [4.69, 9.17) is 9.47 Å². The molecule has 0 radical (unpaired) electrons. The van der Waals surface area contributed by atoms with Crippen molar-refractivity contribution in [3.05, 3.63) is 34.9 Å². The molecule has 0 spiro atoms. The average molecular weight is 569 g/mol. The van der Waals surface area contributed by atoms with Gasteiger partial charge >= 0.3 is 0 Å². The van der Waals surface area contributed by atoms with Crippen LogP contribution in [0, 0.1) is 17.8 Å². The number of amides is 2. The summed E-state index contributed by atoms with van der Waals surface area (Å²) >= 11 is 0. The van der Waals surface area contributed by atoms with Gasteiger partial charge in [0, 0.05) is 30.1 Å². The SMILES string of the molecule is COc1cc(CO)cc2c1O[C@@H]1[C@@H](O)[C@H](N(C(=O)CC3CC4CCC3C4)C3CCCCC3)C=C(C(=O)NCCO)[C@H]21. The van der Waals surface area contributed by atoms with Crippen molar-refractivity contribution in [3.63, 3.8) is 0 Å². The van der Waals surface area contributed by atoms with E-state index in [2.05, 4.69) is 5.32 Å². The van der Waals surface area contributed by atoms with Gasteiger partial charge in [-0.1, -0.05) is 25.7 Å². The molecule has 9 heteroatoms. The molecule has 0 saturated heterocycles. The normalized spacial score (nSPS) is 32.1. The summed E-state index contributed by atoms with van der Waals surface area (Å²) in [5.41, 5.74) is 1.68. The highest BCUT2D eigenvalue weighted by Gasteiger charge is 2.52. The maximum Gasteiger partial charge on any atom is 0.247 e. The summed E-state index contributed by atoms with van der Waals surface area (Å²) in [4.78, 5) is 29.7. The minimum Gasteiger partial charge on any atom is -0.493 e. The predicted octanol–water partition coefficient (Wildman–Crippen LogP) is 2.80. The highest BCUT2D eigenvalue weighted by Crippen LogP contribution is 2.53. The number of aliphatic hydroxyl groups excluding tert-OH is 3. The molecule has 1 aromatic carbocycles. The number of nitrogens with zero attached hydrogens (tertiary/aromatic N) is 1. The zero-order chi connectivity index (χ0) is 28.7. The third-order valence-electron chi connectivity index (χ3n) is 10.4. The van der Waals surface area contributed by atoms with Gasteiger partial charge in [0.2, 0.25) is 11.8 Å². The molecule has 9 nitrogen and oxygen atoms in total. The van der Waals surface area contributed by atoms with Gasteiger partial charge in [-0.2, -0.15) is 0 Å². The van der Waals surface area contributed by atoms with Gasteiger partial charge < -0.3 is 35.0 Å². The zero-order valence-corrected chi connectivity index (χ0v) is 24.0. The summed E-state index contributed by atoms with van der Waals surface area (Å²) < 4.78 is 12.0. The molecular weight excluding hydrogens is 524 g/mol. The first kappa shape index (κ1) is 28.5. The zero-order valence-electron chi connectivity index (χ0n) is 24.0. The van der Waals surface area contributed by atoms with E-state index in [1.807, 2.05) is 4.90 Å². The lowest BCUT2D eigenvalue weighted by Crippen LogP contribution is -2.59. The molecule has 7 atom stereocenters. The maximum absolute atomic E-state index is 14.2. The molecule has 3 fully saturated rings. The first-order valence-electron chi connectivity index (χ1n) is 15.5. The number of benzene rings is 1. The molecule has 2 amide bonds. The van der Waals surface area contributed by atoms with Crippen LogP contribution in [0.2, 0.25) is 0 Å². The standard InChI is InChI=1S/C32H44N2O7/c1-40-26-14-19(17-36)13-23-28-24(32(39)33-9-10-35)16-25(29(38)31(28)41-30(23)26)34(22-5-3-2-4-6-22)27(37)15-21-12-18-7-8-20(21)11-18/h13-14,16,18,20-22,25,28-29,31,35-36,38H,2-12,15,17H2,1H3,(H,33,39)/t18?,20?,21?,25-,28+,29+,31+/m1/s1. The molecule has 41 heavy (non-hydrogen) atoms. The Hall–Kier alpha value is -2.62. The second-order valence-corrected chi connectivity index (χ2v) is 12.7. The van der Waals surface area contributed by atoms with E-state index >= 15 is 0 Å². The van der Waals surface area contributed by atoms with Crippen LogP contribution in [0.15, 0.2) is 23.8 Å². The van der Waals surface area contributed by atoms with E-state index in [0.717, 1.165) is 44.4 Å². The largest absolute Gasteiger partial charge is 0.493 e. The van der Waals surface area contributed by atoms with Gasteiger partial charge in [-0.3, -0.25) is 9.59 Å². The fourth-order valence-electron chi connectivity index (χ4n) is 8.52. The lowest BCUT2D eigenvalue weighted by Gasteiger charge is -2.45. The molecule has 2 bridgehead atoms. The fourth-order valence-corrected chi connectivity index (χ4v) is 8.52. The third-order valence-corrected chi connectivity index (χ3v) is 10.4. The number of fused-ring (bicyclic) bond motifs is 5. The van der Waals surface area contributed by atoms with Crippen molar-refractivity contribution in [2.75, 3.05) is 20.3 Å². The smallest absolute Gasteiger partial charge is 0.247 e. The second kappa shape index (κ2) is 11.9. The Labute approximate surface area is 241 Å². The lowest BCUT2D eigenvalue weighted by atomic mass is 9.76. The summed E-state index contributed by atoms with van der Waals surface area (Å²) in [6.07, 6.45) is 10.2. The number of nitrogens with one attached hydrogen (secondary N) is 1. The summed E-state index contributed by atoms with van der Waals surface area (Å²) in [7, 11) is 1.52. The Bertz CT molecular complexity index is 1180. The number of carbonyl (C=O) groups is 2. The molecule has 0 aromatic heterocycles. The molecule has 1 aromatic rings. The van der Waals surface area contributed by atoms with E-state index in [1.54, 1.807) is 18.2 Å². The van der Waals surface area contributed by atoms with E-state index in [-0.39, 0.29) is 37.6 Å². The van der Waals surface area contributed by atoms with Crippen LogP contribution in [0.25, 0.3) is 0 Å². The minimum absolute atomic E-state index is 0.00310. The van der Waals surface area contributed by atoms with E-state index in [9.17, 15) is 24.9 Å². The van der Waals surface area contributed by atoms with E-state index in [1.165, 1.54) is 26.4 Å². The van der Waals surface area contributed by atoms with Gasteiger partial charge in [-0.25, -0.2) is 0 Å². The number of hydrogen-bond donors (Lipinski definition) is 4. The number of carbonyl (C=O) groups excluding carboxylic acids is 2. The number of rotatable bonds is 9. The lowest BCUT2D eigenvalue weighted by molar-refractivity contribution is -0.142. The molecule has 6 rings (SSSR count). The first-order chi connectivity index (χ1) is 19.9. The van der Waals surface area contributed by atoms with Crippen LogP contribution < -0.4 is 14.8 Å². The molecule has 224 valence electrons. The number of aliphatic hydroxyl groups is 3. The molecule has 4 aliphatic carbocycles. The number of methoxy groups -OCH3 is 1. The Morgan fingerprint density at radius 2 is 1.90 bits per heavy atom. The van der Waals surface area contributed by atoms with Gasteiger partial charge in [-0.05, 0) is 73.6 Å². The molecule has 3 saturated carbocycles. The Balaban J connectivity index is 1.38. The summed E-state index contributed by atoms with van der Waals surface area (Å²) in [5, 5.41) is 34.0. The van der Waals surface area contributed by atoms with Crippen molar-refractivity contribution in [1.82, 2.24) is 10.2 Å². The van der Waals surface area contributed by atoms with Crippen LogP contribution in [0.1, 0.15) is 81.3 Å². The van der Waals surface area contributed by atoms with Crippen LogP contribution in [0.3, 0.4) is 0 Å². The molecule has 1 heterocycles. The summed E-state index contributed by atoms with van der Waals surface area (Å²) in [6.45, 7) is -0.329. The monoisotopic (exact) mass is 568 g/mol. The van der Waals surface area contributed by atoms with Crippen LogP contribution in [0.5, 0.6) is 11.5 Å². The number of hydrogen-bond acceptors (Lipinski definition) is 7. The van der Waals surface area contributed by atoms with E-state index in [0.29, 0.717) is 46.5 Å². The van der Waals surface area contributed by atoms with Crippen molar-refractivity contribution >= 4 is 11.8 Å². The quantitative estimate of drug-likeness (QED) is 0.361. The van der Waals surface area contributed by atoms with Crippen LogP contribution in [-0.4, -0.2) is 76.6 Å². The van der Waals surface area contributed by atoms with Gasteiger partial charge in [0.1, 0.15) is 12.2 Å². The van der Waals surface area contributed by atoms with Gasteiger partial charge in [-0.15, -0.1) is 0 Å². The number of ether oxygens (including phenoxy) is 2. The molecule has 4 N–H and O–H groups in total. The molecule has 3 unspecified atom stereocenters. The Kier molecular flexibility index (Phi) is 8.30. The molecule has 1 aliphatic heterocycles. The molecular formula is C32H44N2O7. The van der Waals surface area contributed by atoms with Crippen molar-refractivity contribution < 1.29 is 34.4 Å². The van der Waals surface area contributed by atoms with Crippen molar-refractivity contribution in [3.8, 4) is 11.5 Å². The van der Waals surface area contributed by atoms with Gasteiger partial charge in [0.05, 0.1) is 32.3 Å². The fraction of sp³-hybridized carbons (Fsp3) is 0.688. The maximum atomic E-state index is 14.2. The second-order valence-electron chi connectivity index (χ2n) is 12.7. The summed E-state index contributed by atoms with van der Waals surface area (Å²) in [5.74, 6) is 1.73. The van der Waals surface area contributed by atoms with Gasteiger partial charge in [0.25, 0.3) is 0 Å². The van der Waals surface area contributed by atoms with Crippen molar-refractivity contribution in [1.29, 1.82) is 0 Å². The summed E-state index contributed by atoms with van der Waals surface area (Å²) in [6, 6.07) is 2.78. The van der Waals surface area contributed by atoms with Crippen LogP contribution in [-0.2, 0) is 16.2 Å².